The highest BCUT2D eigenvalue weighted by atomic mass is 16.4. The third-order valence-corrected chi connectivity index (χ3v) is 2.23. The lowest BCUT2D eigenvalue weighted by atomic mass is 10.1. The Morgan fingerprint density at radius 1 is 1.24 bits per heavy atom. The van der Waals surface area contributed by atoms with Crippen molar-refractivity contribution >= 4 is 17.7 Å². The molecule has 0 fully saturated rings. The number of carbonyl (C=O) groups excluding carboxylic acids is 2. The molecule has 0 aliphatic heterocycles. The van der Waals surface area contributed by atoms with Crippen LogP contribution in [0.2, 0.25) is 0 Å². The molecule has 0 spiro atoms. The van der Waals surface area contributed by atoms with Gasteiger partial charge in [0.2, 0.25) is 5.91 Å². The van der Waals surface area contributed by atoms with Crippen LogP contribution in [0.5, 0.6) is 0 Å². The molecule has 1 atom stereocenters. The first-order valence-corrected chi connectivity index (χ1v) is 5.49. The van der Waals surface area contributed by atoms with E-state index in [0.717, 1.165) is 0 Å². The molecule has 98 valence electrons. The number of rotatable bonds is 8. The van der Waals surface area contributed by atoms with Crippen molar-refractivity contribution in [3.63, 3.8) is 0 Å². The van der Waals surface area contributed by atoms with Crippen molar-refractivity contribution in [2.45, 2.75) is 32.2 Å². The first-order valence-electron chi connectivity index (χ1n) is 5.49. The van der Waals surface area contributed by atoms with Gasteiger partial charge in [-0.3, -0.25) is 9.59 Å². The van der Waals surface area contributed by atoms with Gasteiger partial charge in [-0.25, -0.2) is 4.79 Å². The summed E-state index contributed by atoms with van der Waals surface area (Å²) in [7, 11) is 3.73. The number of carbonyl (C=O) groups is 3. The van der Waals surface area contributed by atoms with Crippen LogP contribution in [0.25, 0.3) is 0 Å². The van der Waals surface area contributed by atoms with Gasteiger partial charge in [0.25, 0.3) is 0 Å². The predicted octanol–water partition coefficient (Wildman–Crippen LogP) is -0.123. The van der Waals surface area contributed by atoms with E-state index in [4.69, 9.17) is 5.11 Å². The molecule has 0 bridgehead atoms. The second kappa shape index (κ2) is 7.78. The monoisotopic (exact) mass is 244 g/mol. The fourth-order valence-corrected chi connectivity index (χ4v) is 1.28. The summed E-state index contributed by atoms with van der Waals surface area (Å²) >= 11 is 0. The van der Waals surface area contributed by atoms with Crippen molar-refractivity contribution in [1.82, 2.24) is 10.2 Å². The normalized spacial score (nSPS) is 12.2. The molecule has 0 radical (unpaired) electrons. The van der Waals surface area contributed by atoms with Crippen molar-refractivity contribution in [2.75, 3.05) is 20.6 Å². The van der Waals surface area contributed by atoms with Gasteiger partial charge in [-0.15, -0.1) is 0 Å². The maximum absolute atomic E-state index is 11.4. The summed E-state index contributed by atoms with van der Waals surface area (Å²) in [6.45, 7) is 1.90. The third-order valence-electron chi connectivity index (χ3n) is 2.23. The fourth-order valence-electron chi connectivity index (χ4n) is 1.28. The number of hydrogen-bond acceptors (Lipinski definition) is 4. The number of nitrogens with zero attached hydrogens (tertiary/aromatic N) is 1. The highest BCUT2D eigenvalue weighted by Gasteiger charge is 2.19. The van der Waals surface area contributed by atoms with Crippen molar-refractivity contribution in [2.24, 2.45) is 0 Å². The summed E-state index contributed by atoms with van der Waals surface area (Å²) in [5.74, 6) is -1.51. The Hall–Kier alpha value is -1.43. The fraction of sp³-hybridized carbons (Fsp3) is 0.727. The van der Waals surface area contributed by atoms with E-state index in [1.165, 1.54) is 6.92 Å². The quantitative estimate of drug-likeness (QED) is 0.621. The van der Waals surface area contributed by atoms with Crippen LogP contribution < -0.4 is 5.32 Å². The molecule has 0 aromatic heterocycles. The van der Waals surface area contributed by atoms with E-state index < -0.39 is 17.9 Å². The van der Waals surface area contributed by atoms with E-state index in [2.05, 4.69) is 5.32 Å². The lowest BCUT2D eigenvalue weighted by Crippen LogP contribution is -2.39. The maximum atomic E-state index is 11.4. The van der Waals surface area contributed by atoms with Gasteiger partial charge in [0, 0.05) is 26.3 Å². The van der Waals surface area contributed by atoms with Gasteiger partial charge < -0.3 is 15.3 Å². The molecule has 1 unspecified atom stereocenters. The zero-order chi connectivity index (χ0) is 13.4. The SMILES string of the molecule is CC(=O)NC(CCC(=O)CCN(C)C)C(=O)O. The molecular weight excluding hydrogens is 224 g/mol. The van der Waals surface area contributed by atoms with Gasteiger partial charge in [0.1, 0.15) is 11.8 Å². The second-order valence-electron chi connectivity index (χ2n) is 4.22. The Labute approximate surface area is 101 Å². The minimum Gasteiger partial charge on any atom is -0.480 e. The Morgan fingerprint density at radius 3 is 2.24 bits per heavy atom. The zero-order valence-electron chi connectivity index (χ0n) is 10.5. The van der Waals surface area contributed by atoms with Gasteiger partial charge in [0.05, 0.1) is 0 Å². The topological polar surface area (TPSA) is 86.7 Å². The van der Waals surface area contributed by atoms with E-state index >= 15 is 0 Å². The first-order chi connectivity index (χ1) is 7.82. The largest absolute Gasteiger partial charge is 0.480 e. The highest BCUT2D eigenvalue weighted by Crippen LogP contribution is 2.02. The third kappa shape index (κ3) is 8.38. The number of amides is 1. The Morgan fingerprint density at radius 2 is 1.82 bits per heavy atom. The van der Waals surface area contributed by atoms with Gasteiger partial charge >= 0.3 is 5.97 Å². The van der Waals surface area contributed by atoms with Crippen molar-refractivity contribution in [3.05, 3.63) is 0 Å². The van der Waals surface area contributed by atoms with E-state index in [1.807, 2.05) is 19.0 Å². The zero-order valence-corrected chi connectivity index (χ0v) is 10.5. The minimum absolute atomic E-state index is 0.00954. The molecule has 0 rings (SSSR count). The summed E-state index contributed by atoms with van der Waals surface area (Å²) in [6.07, 6.45) is 0.714. The smallest absolute Gasteiger partial charge is 0.326 e. The van der Waals surface area contributed by atoms with Crippen LogP contribution in [0.15, 0.2) is 0 Å². The molecule has 0 aromatic rings. The van der Waals surface area contributed by atoms with Gasteiger partial charge in [0.15, 0.2) is 0 Å². The lowest BCUT2D eigenvalue weighted by Gasteiger charge is -2.13. The summed E-state index contributed by atoms with van der Waals surface area (Å²) < 4.78 is 0. The molecule has 6 heteroatoms. The molecule has 6 nitrogen and oxygen atoms in total. The van der Waals surface area contributed by atoms with Crippen LogP contribution in [0.1, 0.15) is 26.2 Å². The Balaban J connectivity index is 4.00. The number of carboxylic acid groups (broad SMARTS) is 1. The van der Waals surface area contributed by atoms with Crippen LogP contribution in [0.4, 0.5) is 0 Å². The van der Waals surface area contributed by atoms with Gasteiger partial charge in [-0.2, -0.15) is 0 Å². The van der Waals surface area contributed by atoms with E-state index in [0.29, 0.717) is 13.0 Å². The van der Waals surface area contributed by atoms with Crippen LogP contribution in [0, 0.1) is 0 Å². The van der Waals surface area contributed by atoms with Crippen molar-refractivity contribution in [3.8, 4) is 0 Å². The van der Waals surface area contributed by atoms with E-state index in [1.54, 1.807) is 0 Å². The molecular formula is C11H20N2O4. The van der Waals surface area contributed by atoms with E-state index in [9.17, 15) is 14.4 Å². The Kier molecular flexibility index (Phi) is 7.13. The molecule has 1 amide bonds. The predicted molar refractivity (Wildman–Crippen MR) is 62.7 cm³/mol. The number of aliphatic carboxylic acids is 1. The average molecular weight is 244 g/mol. The van der Waals surface area contributed by atoms with Crippen molar-refractivity contribution < 1.29 is 19.5 Å². The Bertz CT molecular complexity index is 289. The molecule has 0 saturated carbocycles. The number of hydrogen-bond donors (Lipinski definition) is 2. The number of nitrogens with one attached hydrogen (secondary N) is 1. The van der Waals surface area contributed by atoms with Gasteiger partial charge in [-0.1, -0.05) is 0 Å². The lowest BCUT2D eigenvalue weighted by molar-refractivity contribution is -0.141. The van der Waals surface area contributed by atoms with E-state index in [-0.39, 0.29) is 18.6 Å². The number of carboxylic acids is 1. The summed E-state index contributed by atoms with van der Waals surface area (Å²) in [4.78, 5) is 34.8. The molecule has 2 N–H and O–H groups in total. The summed E-state index contributed by atoms with van der Waals surface area (Å²) in [6, 6.07) is -0.976. The molecule has 17 heavy (non-hydrogen) atoms. The highest BCUT2D eigenvalue weighted by molar-refractivity contribution is 5.83. The van der Waals surface area contributed by atoms with Crippen LogP contribution >= 0.6 is 0 Å². The molecule has 0 aromatic carbocycles. The molecule has 0 saturated heterocycles. The van der Waals surface area contributed by atoms with Crippen LogP contribution in [-0.2, 0) is 14.4 Å². The second-order valence-corrected chi connectivity index (χ2v) is 4.22. The molecule has 0 aliphatic carbocycles. The number of Topliss-reactive ketones (excluding diaryl/α,β-unsaturated/α-hetero) is 1. The van der Waals surface area contributed by atoms with Crippen LogP contribution in [0.3, 0.4) is 0 Å². The summed E-state index contributed by atoms with van der Waals surface area (Å²) in [5, 5.41) is 11.1. The minimum atomic E-state index is -1.11. The standard InChI is InChI=1S/C11H20N2O4/c1-8(14)12-10(11(16)17)5-4-9(15)6-7-13(2)3/h10H,4-7H2,1-3H3,(H,12,14)(H,16,17). The molecule has 0 aliphatic rings. The van der Waals surface area contributed by atoms with Crippen molar-refractivity contribution in [1.29, 1.82) is 0 Å². The number of ketones is 1. The average Bonchev–Trinajstić information content (AvgIpc) is 2.20. The summed E-state index contributed by atoms with van der Waals surface area (Å²) in [5.41, 5.74) is 0. The first kappa shape index (κ1) is 15.6. The molecule has 0 heterocycles. The maximum Gasteiger partial charge on any atom is 0.326 e. The van der Waals surface area contributed by atoms with Crippen LogP contribution in [-0.4, -0.2) is 54.3 Å². The van der Waals surface area contributed by atoms with Gasteiger partial charge in [-0.05, 0) is 20.5 Å².